The van der Waals surface area contributed by atoms with E-state index < -0.39 is 0 Å². The first-order chi connectivity index (χ1) is 17.0. The number of carbonyl (C=O) groups excluding carboxylic acids is 1. The van der Waals surface area contributed by atoms with Crippen LogP contribution in [0.25, 0.3) is 22.0 Å². The zero-order valence-electron chi connectivity index (χ0n) is 20.2. The van der Waals surface area contributed by atoms with E-state index in [2.05, 4.69) is 53.7 Å². The Labute approximate surface area is 206 Å². The van der Waals surface area contributed by atoms with Crippen LogP contribution >= 0.6 is 0 Å². The van der Waals surface area contributed by atoms with Crippen LogP contribution in [0.4, 0.5) is 5.95 Å². The van der Waals surface area contributed by atoms with Gasteiger partial charge in [-0.05, 0) is 85.2 Å². The zero-order valence-corrected chi connectivity index (χ0v) is 20.2. The summed E-state index contributed by atoms with van der Waals surface area (Å²) in [5, 5.41) is 7.45. The Morgan fingerprint density at radius 3 is 2.71 bits per heavy atom. The van der Waals surface area contributed by atoms with Crippen LogP contribution < -0.4 is 16.4 Å². The number of fused-ring (bicyclic) bond motifs is 1. The fourth-order valence-electron chi connectivity index (χ4n) is 4.35. The van der Waals surface area contributed by atoms with Crippen molar-refractivity contribution < 1.29 is 4.79 Å². The molecule has 1 unspecified atom stereocenters. The summed E-state index contributed by atoms with van der Waals surface area (Å²) in [5.74, 6) is 0.611. The molecule has 4 aromatic rings. The third-order valence-corrected chi connectivity index (χ3v) is 6.45. The van der Waals surface area contributed by atoms with Crippen LogP contribution in [0.2, 0.25) is 0 Å². The lowest BCUT2D eigenvalue weighted by Gasteiger charge is -2.15. The van der Waals surface area contributed by atoms with E-state index in [9.17, 15) is 4.79 Å². The summed E-state index contributed by atoms with van der Waals surface area (Å²) in [4.78, 5) is 21.8. The Bertz CT molecular complexity index is 1380. The van der Waals surface area contributed by atoms with Gasteiger partial charge in [0.15, 0.2) is 0 Å². The van der Waals surface area contributed by atoms with Crippen LogP contribution in [0.15, 0.2) is 66.9 Å². The van der Waals surface area contributed by atoms with Gasteiger partial charge in [0.05, 0.1) is 5.52 Å². The van der Waals surface area contributed by atoms with Gasteiger partial charge in [-0.2, -0.15) is 0 Å². The largest absolute Gasteiger partial charge is 0.351 e. The maximum atomic E-state index is 12.5. The summed E-state index contributed by atoms with van der Waals surface area (Å²) in [6, 6.07) is 20.9. The molecule has 1 aromatic heterocycles. The predicted octanol–water partition coefficient (Wildman–Crippen LogP) is 5.00. The Kier molecular flexibility index (Phi) is 6.47. The molecule has 0 radical (unpaired) electrons. The predicted molar refractivity (Wildman–Crippen MR) is 141 cm³/mol. The standard InChI is InChI=1S/C29H31N5O/c1-18-6-7-23(28(35)33-25-9-10-25)15-26(18)22-8-11-27-24(14-22)17-31-29(34-27)32-19(2)12-20-4-3-5-21(13-20)16-30/h3-8,11,13-15,17,19,25H,9-10,12,16,30H2,1-2H3,(H,33,35)(H,31,32,34). The second-order valence-electron chi connectivity index (χ2n) is 9.52. The van der Waals surface area contributed by atoms with Crippen molar-refractivity contribution >= 4 is 22.8 Å². The molecule has 1 aliphatic carbocycles. The van der Waals surface area contributed by atoms with Crippen molar-refractivity contribution in [1.29, 1.82) is 0 Å². The number of rotatable bonds is 8. The van der Waals surface area contributed by atoms with Crippen LogP contribution in [0.3, 0.4) is 0 Å². The van der Waals surface area contributed by atoms with E-state index in [0.29, 0.717) is 24.1 Å². The summed E-state index contributed by atoms with van der Waals surface area (Å²) in [7, 11) is 0. The molecule has 1 amide bonds. The van der Waals surface area contributed by atoms with Gasteiger partial charge in [0, 0.05) is 35.8 Å². The van der Waals surface area contributed by atoms with Crippen LogP contribution in [0, 0.1) is 6.92 Å². The number of nitrogens with one attached hydrogen (secondary N) is 2. The molecule has 1 atom stereocenters. The highest BCUT2D eigenvalue weighted by Gasteiger charge is 2.24. The van der Waals surface area contributed by atoms with Gasteiger partial charge >= 0.3 is 0 Å². The van der Waals surface area contributed by atoms with Crippen molar-refractivity contribution in [2.24, 2.45) is 5.73 Å². The second-order valence-corrected chi connectivity index (χ2v) is 9.52. The minimum absolute atomic E-state index is 0.00235. The molecule has 0 saturated heterocycles. The van der Waals surface area contributed by atoms with E-state index in [0.717, 1.165) is 52.4 Å². The summed E-state index contributed by atoms with van der Waals surface area (Å²) >= 11 is 0. The molecular formula is C29H31N5O. The first kappa shape index (κ1) is 23.0. The summed E-state index contributed by atoms with van der Waals surface area (Å²) in [6.07, 6.45) is 4.87. The molecule has 1 heterocycles. The molecule has 0 aliphatic heterocycles. The van der Waals surface area contributed by atoms with Crippen molar-refractivity contribution in [3.05, 3.63) is 89.1 Å². The van der Waals surface area contributed by atoms with E-state index in [1.807, 2.05) is 42.6 Å². The van der Waals surface area contributed by atoms with Gasteiger partial charge in [-0.15, -0.1) is 0 Å². The Morgan fingerprint density at radius 2 is 1.91 bits per heavy atom. The van der Waals surface area contributed by atoms with Gasteiger partial charge in [-0.3, -0.25) is 4.79 Å². The summed E-state index contributed by atoms with van der Waals surface area (Å²) < 4.78 is 0. The maximum Gasteiger partial charge on any atom is 0.251 e. The van der Waals surface area contributed by atoms with Gasteiger partial charge in [0.1, 0.15) is 0 Å². The number of aromatic nitrogens is 2. The molecule has 0 spiro atoms. The Hall–Kier alpha value is -3.77. The molecule has 1 saturated carbocycles. The molecule has 6 nitrogen and oxygen atoms in total. The molecule has 35 heavy (non-hydrogen) atoms. The third kappa shape index (κ3) is 5.49. The van der Waals surface area contributed by atoms with Crippen molar-refractivity contribution in [2.45, 2.75) is 51.7 Å². The topological polar surface area (TPSA) is 92.9 Å². The van der Waals surface area contributed by atoms with Crippen molar-refractivity contribution in [2.75, 3.05) is 5.32 Å². The van der Waals surface area contributed by atoms with Gasteiger partial charge in [0.2, 0.25) is 5.95 Å². The van der Waals surface area contributed by atoms with Crippen LogP contribution in [0.1, 0.15) is 46.8 Å². The second kappa shape index (κ2) is 9.84. The molecule has 5 rings (SSSR count). The highest BCUT2D eigenvalue weighted by molar-refractivity contribution is 5.96. The average molecular weight is 466 g/mol. The van der Waals surface area contributed by atoms with Gasteiger partial charge in [-0.25, -0.2) is 9.97 Å². The number of hydrogen-bond donors (Lipinski definition) is 3. The quantitative estimate of drug-likeness (QED) is 0.341. The third-order valence-electron chi connectivity index (χ3n) is 6.45. The molecule has 4 N–H and O–H groups in total. The number of nitrogens with zero attached hydrogens (tertiary/aromatic N) is 2. The lowest BCUT2D eigenvalue weighted by Crippen LogP contribution is -2.25. The number of aryl methyl sites for hydroxylation is 1. The lowest BCUT2D eigenvalue weighted by atomic mass is 9.97. The minimum Gasteiger partial charge on any atom is -0.351 e. The highest BCUT2D eigenvalue weighted by atomic mass is 16.1. The van der Waals surface area contributed by atoms with E-state index in [1.54, 1.807) is 0 Å². The Morgan fingerprint density at radius 1 is 1.09 bits per heavy atom. The van der Waals surface area contributed by atoms with E-state index in [1.165, 1.54) is 5.56 Å². The molecular weight excluding hydrogens is 434 g/mol. The molecule has 6 heteroatoms. The number of amides is 1. The molecule has 3 aromatic carbocycles. The number of anilines is 1. The summed E-state index contributed by atoms with van der Waals surface area (Å²) in [6.45, 7) is 4.74. The van der Waals surface area contributed by atoms with E-state index in [-0.39, 0.29) is 11.9 Å². The van der Waals surface area contributed by atoms with E-state index >= 15 is 0 Å². The van der Waals surface area contributed by atoms with Crippen molar-refractivity contribution in [3.63, 3.8) is 0 Å². The fraction of sp³-hybridized carbons (Fsp3) is 0.276. The first-order valence-corrected chi connectivity index (χ1v) is 12.2. The zero-order chi connectivity index (χ0) is 24.4. The number of nitrogens with two attached hydrogens (primary N) is 1. The SMILES string of the molecule is Cc1ccc(C(=O)NC2CC2)cc1-c1ccc2nc(NC(C)Cc3cccc(CN)c3)ncc2c1. The number of carbonyl (C=O) groups is 1. The average Bonchev–Trinajstić information content (AvgIpc) is 3.68. The van der Waals surface area contributed by atoms with Crippen LogP contribution in [-0.4, -0.2) is 28.0 Å². The highest BCUT2D eigenvalue weighted by Crippen LogP contribution is 2.28. The first-order valence-electron chi connectivity index (χ1n) is 12.2. The monoisotopic (exact) mass is 465 g/mol. The fourth-order valence-corrected chi connectivity index (χ4v) is 4.35. The van der Waals surface area contributed by atoms with Gasteiger partial charge < -0.3 is 16.4 Å². The molecule has 1 aliphatic rings. The molecule has 0 bridgehead atoms. The van der Waals surface area contributed by atoms with Gasteiger partial charge in [-0.1, -0.05) is 36.4 Å². The molecule has 178 valence electrons. The minimum atomic E-state index is -0.00235. The normalized spacial score (nSPS) is 14.0. The van der Waals surface area contributed by atoms with E-state index in [4.69, 9.17) is 10.7 Å². The maximum absolute atomic E-state index is 12.5. The van der Waals surface area contributed by atoms with Crippen LogP contribution in [-0.2, 0) is 13.0 Å². The smallest absolute Gasteiger partial charge is 0.251 e. The number of benzene rings is 3. The van der Waals surface area contributed by atoms with Crippen molar-refractivity contribution in [1.82, 2.24) is 15.3 Å². The number of hydrogen-bond acceptors (Lipinski definition) is 5. The Balaban J connectivity index is 1.33. The van der Waals surface area contributed by atoms with Crippen LogP contribution in [0.5, 0.6) is 0 Å². The lowest BCUT2D eigenvalue weighted by molar-refractivity contribution is 0.0951. The van der Waals surface area contributed by atoms with Gasteiger partial charge in [0.25, 0.3) is 5.91 Å². The molecule has 1 fully saturated rings. The van der Waals surface area contributed by atoms with Crippen molar-refractivity contribution in [3.8, 4) is 11.1 Å². The summed E-state index contributed by atoms with van der Waals surface area (Å²) in [5.41, 5.74) is 12.9.